The van der Waals surface area contributed by atoms with E-state index in [2.05, 4.69) is 0 Å². The summed E-state index contributed by atoms with van der Waals surface area (Å²) in [5.74, 6) is 0. The highest BCUT2D eigenvalue weighted by Crippen LogP contribution is 2.43. The van der Waals surface area contributed by atoms with Crippen LogP contribution in [0.15, 0.2) is 12.1 Å². The van der Waals surface area contributed by atoms with Crippen LogP contribution in [0.25, 0.3) is 0 Å². The number of rotatable bonds is 3. The predicted octanol–water partition coefficient (Wildman–Crippen LogP) is 3.51. The van der Waals surface area contributed by atoms with Gasteiger partial charge in [0.15, 0.2) is 5.69 Å². The highest BCUT2D eigenvalue weighted by atomic mass is 19.4. The first-order valence-electron chi connectivity index (χ1n) is 6.51. The van der Waals surface area contributed by atoms with Crippen molar-refractivity contribution in [1.82, 2.24) is 0 Å². The summed E-state index contributed by atoms with van der Waals surface area (Å²) < 4.78 is 38.4. The van der Waals surface area contributed by atoms with Gasteiger partial charge >= 0.3 is 6.18 Å². The summed E-state index contributed by atoms with van der Waals surface area (Å²) in [5, 5.41) is 22.2. The molecule has 7 nitrogen and oxygen atoms in total. The van der Waals surface area contributed by atoms with Gasteiger partial charge in [-0.3, -0.25) is 20.2 Å². The van der Waals surface area contributed by atoms with Crippen molar-refractivity contribution in [3.8, 4) is 0 Å². The van der Waals surface area contributed by atoms with Gasteiger partial charge in [-0.1, -0.05) is 0 Å². The minimum absolute atomic E-state index is 0.340. The molecule has 1 aliphatic rings. The number of nitro groups is 2. The lowest BCUT2D eigenvalue weighted by Crippen LogP contribution is -2.30. The molecule has 0 atom stereocenters. The van der Waals surface area contributed by atoms with Crippen molar-refractivity contribution in [2.45, 2.75) is 25.4 Å². The van der Waals surface area contributed by atoms with E-state index in [0.717, 1.165) is 6.42 Å². The summed E-state index contributed by atoms with van der Waals surface area (Å²) in [6, 6.07) is 0.716. The molecule has 1 heterocycles. The van der Waals surface area contributed by atoms with Crippen molar-refractivity contribution < 1.29 is 23.0 Å². The molecular weight excluding hydrogens is 307 g/mol. The maximum atomic E-state index is 12.8. The monoisotopic (exact) mass is 319 g/mol. The Hall–Kier alpha value is -2.39. The standard InChI is InChI=1S/C12H12F3N3O4/c13-12(14,15)8-6-9(17(19)20)11(10(7-8)18(21)22)16-4-2-1-3-5-16/h6-7H,1-5H2. The van der Waals surface area contributed by atoms with E-state index in [1.54, 1.807) is 0 Å². The number of anilines is 1. The third kappa shape index (κ3) is 3.10. The van der Waals surface area contributed by atoms with Crippen LogP contribution >= 0.6 is 0 Å². The second kappa shape index (κ2) is 5.78. The fraction of sp³-hybridized carbons (Fsp3) is 0.500. The molecule has 10 heteroatoms. The van der Waals surface area contributed by atoms with Crippen LogP contribution in [0.3, 0.4) is 0 Å². The molecule has 0 bridgehead atoms. The summed E-state index contributed by atoms with van der Waals surface area (Å²) in [4.78, 5) is 21.6. The lowest BCUT2D eigenvalue weighted by Gasteiger charge is -2.28. The first-order chi connectivity index (χ1) is 10.2. The van der Waals surface area contributed by atoms with Crippen molar-refractivity contribution in [3.63, 3.8) is 0 Å². The molecule has 0 radical (unpaired) electrons. The summed E-state index contributed by atoms with van der Waals surface area (Å²) in [6.07, 6.45) is -2.67. The van der Waals surface area contributed by atoms with Crippen LogP contribution in [0.4, 0.5) is 30.2 Å². The van der Waals surface area contributed by atoms with Crippen molar-refractivity contribution >= 4 is 17.1 Å². The van der Waals surface area contributed by atoms with E-state index in [1.165, 1.54) is 4.90 Å². The summed E-state index contributed by atoms with van der Waals surface area (Å²) in [7, 11) is 0. The zero-order valence-electron chi connectivity index (χ0n) is 11.3. The van der Waals surface area contributed by atoms with E-state index < -0.39 is 33.0 Å². The highest BCUT2D eigenvalue weighted by Gasteiger charge is 2.39. The molecular formula is C12H12F3N3O4. The van der Waals surface area contributed by atoms with Gasteiger partial charge in [-0.25, -0.2) is 0 Å². The van der Waals surface area contributed by atoms with Crippen LogP contribution in [0.2, 0.25) is 0 Å². The topological polar surface area (TPSA) is 89.5 Å². The number of halogens is 3. The van der Waals surface area contributed by atoms with Gasteiger partial charge in [0.05, 0.1) is 15.4 Å². The Morgan fingerprint density at radius 3 is 1.77 bits per heavy atom. The third-order valence-corrected chi connectivity index (χ3v) is 3.46. The van der Waals surface area contributed by atoms with E-state index in [-0.39, 0.29) is 5.69 Å². The van der Waals surface area contributed by atoms with E-state index in [4.69, 9.17) is 0 Å². The molecule has 0 saturated carbocycles. The minimum atomic E-state index is -4.89. The highest BCUT2D eigenvalue weighted by molar-refractivity contribution is 5.76. The second-order valence-electron chi connectivity index (χ2n) is 4.92. The number of hydrogen-bond acceptors (Lipinski definition) is 5. The average Bonchev–Trinajstić information content (AvgIpc) is 2.45. The van der Waals surface area contributed by atoms with E-state index in [0.29, 0.717) is 38.1 Å². The van der Waals surface area contributed by atoms with E-state index in [1.807, 2.05) is 0 Å². The van der Waals surface area contributed by atoms with Crippen LogP contribution in [0, 0.1) is 20.2 Å². The SMILES string of the molecule is O=[N+]([O-])c1cc(C(F)(F)F)cc([N+](=O)[O-])c1N1CCCCC1. The van der Waals surface area contributed by atoms with Crippen LogP contribution in [0.5, 0.6) is 0 Å². The van der Waals surface area contributed by atoms with Crippen LogP contribution in [0.1, 0.15) is 24.8 Å². The Kier molecular flexibility index (Phi) is 4.20. The molecule has 0 unspecified atom stereocenters. The fourth-order valence-corrected chi connectivity index (χ4v) is 2.49. The summed E-state index contributed by atoms with van der Waals surface area (Å²) in [6.45, 7) is 0.681. The molecule has 0 spiro atoms. The van der Waals surface area contributed by atoms with Crippen LogP contribution in [-0.2, 0) is 6.18 Å². The largest absolute Gasteiger partial charge is 0.416 e. The lowest BCUT2D eigenvalue weighted by molar-refractivity contribution is -0.393. The fourth-order valence-electron chi connectivity index (χ4n) is 2.49. The van der Waals surface area contributed by atoms with Gasteiger partial charge in [0.1, 0.15) is 0 Å². The average molecular weight is 319 g/mol. The summed E-state index contributed by atoms with van der Waals surface area (Å²) in [5.41, 5.74) is -3.51. The number of nitro benzene ring substituents is 2. The van der Waals surface area contributed by atoms with Crippen molar-refractivity contribution in [2.24, 2.45) is 0 Å². The maximum absolute atomic E-state index is 12.8. The number of alkyl halides is 3. The van der Waals surface area contributed by atoms with Gasteiger partial charge in [0.25, 0.3) is 11.4 Å². The van der Waals surface area contributed by atoms with Crippen molar-refractivity contribution in [3.05, 3.63) is 37.9 Å². The second-order valence-corrected chi connectivity index (χ2v) is 4.92. The first-order valence-corrected chi connectivity index (χ1v) is 6.51. The Morgan fingerprint density at radius 2 is 1.41 bits per heavy atom. The maximum Gasteiger partial charge on any atom is 0.416 e. The van der Waals surface area contributed by atoms with Crippen LogP contribution < -0.4 is 4.90 Å². The molecule has 1 fully saturated rings. The minimum Gasteiger partial charge on any atom is -0.360 e. The molecule has 1 aliphatic heterocycles. The Balaban J connectivity index is 2.67. The number of piperidine rings is 1. The summed E-state index contributed by atoms with van der Waals surface area (Å²) >= 11 is 0. The molecule has 0 aliphatic carbocycles. The number of hydrogen-bond donors (Lipinski definition) is 0. The molecule has 1 aromatic carbocycles. The molecule has 120 valence electrons. The first kappa shape index (κ1) is 16.0. The third-order valence-electron chi connectivity index (χ3n) is 3.46. The van der Waals surface area contributed by atoms with Gasteiger partial charge in [-0.2, -0.15) is 13.2 Å². The van der Waals surface area contributed by atoms with Crippen LogP contribution in [-0.4, -0.2) is 22.9 Å². The smallest absolute Gasteiger partial charge is 0.360 e. The molecule has 1 saturated heterocycles. The van der Waals surface area contributed by atoms with E-state index >= 15 is 0 Å². The molecule has 2 rings (SSSR count). The van der Waals surface area contributed by atoms with Gasteiger partial charge in [-0.05, 0) is 19.3 Å². The Morgan fingerprint density at radius 1 is 0.955 bits per heavy atom. The van der Waals surface area contributed by atoms with Gasteiger partial charge < -0.3 is 4.90 Å². The zero-order chi connectivity index (χ0) is 16.5. The molecule has 0 N–H and O–H groups in total. The Labute approximate surface area is 122 Å². The van der Waals surface area contributed by atoms with Gasteiger partial charge in [0, 0.05) is 25.2 Å². The zero-order valence-corrected chi connectivity index (χ0v) is 11.3. The normalized spacial score (nSPS) is 15.7. The molecule has 0 aromatic heterocycles. The quantitative estimate of drug-likeness (QED) is 0.628. The number of nitrogens with zero attached hydrogens (tertiary/aromatic N) is 3. The molecule has 22 heavy (non-hydrogen) atoms. The van der Waals surface area contributed by atoms with Gasteiger partial charge in [0.2, 0.25) is 0 Å². The predicted molar refractivity (Wildman–Crippen MR) is 70.8 cm³/mol. The lowest BCUT2D eigenvalue weighted by atomic mass is 10.1. The molecule has 0 amide bonds. The Bertz CT molecular complexity index is 577. The van der Waals surface area contributed by atoms with E-state index in [9.17, 15) is 33.4 Å². The van der Waals surface area contributed by atoms with Crippen molar-refractivity contribution in [1.29, 1.82) is 0 Å². The van der Waals surface area contributed by atoms with Gasteiger partial charge in [-0.15, -0.1) is 0 Å². The number of benzene rings is 1. The molecule has 1 aromatic rings. The van der Waals surface area contributed by atoms with Crippen molar-refractivity contribution in [2.75, 3.05) is 18.0 Å².